The molecular formula is C15H15ClN2O4S. The average Bonchev–Trinajstić information content (AvgIpc) is 3.04. The van der Waals surface area contributed by atoms with Crippen molar-refractivity contribution in [2.45, 2.75) is 26.3 Å². The highest BCUT2D eigenvalue weighted by molar-refractivity contribution is 7.71. The molecule has 2 heterocycles. The van der Waals surface area contributed by atoms with E-state index in [-0.39, 0.29) is 17.0 Å². The number of ether oxygens (including phenoxy) is 2. The highest BCUT2D eigenvalue weighted by atomic mass is 35.5. The molecule has 2 aromatic rings. The third kappa shape index (κ3) is 2.94. The highest BCUT2D eigenvalue weighted by Crippen LogP contribution is 2.37. The van der Waals surface area contributed by atoms with Gasteiger partial charge < -0.3 is 14.6 Å². The average molecular weight is 355 g/mol. The van der Waals surface area contributed by atoms with Crippen LogP contribution in [0.2, 0.25) is 5.02 Å². The number of H-pyrrole nitrogens is 1. The van der Waals surface area contributed by atoms with Crippen LogP contribution in [0.15, 0.2) is 12.1 Å². The predicted octanol–water partition coefficient (Wildman–Crippen LogP) is 3.63. The second-order valence-corrected chi connectivity index (χ2v) is 6.01. The highest BCUT2D eigenvalue weighted by Gasteiger charge is 2.22. The molecule has 0 unspecified atom stereocenters. The maximum absolute atomic E-state index is 11.5. The smallest absolute Gasteiger partial charge is 0.340 e. The fourth-order valence-electron chi connectivity index (χ4n) is 2.61. The first kappa shape index (κ1) is 15.9. The van der Waals surface area contributed by atoms with Crippen LogP contribution in [-0.4, -0.2) is 27.6 Å². The van der Waals surface area contributed by atoms with Gasteiger partial charge in [-0.25, -0.2) is 4.79 Å². The standard InChI is InChI=1S/C15H15ClN2O4S/c1-2-3-18-10(13(15(19)20)14(23)17-18)4-8-5-11-12(6-9(8)16)22-7-21-11/h5-6H,2-4,7H2,1H3,(H,17,23)(H,19,20). The lowest BCUT2D eigenvalue weighted by Gasteiger charge is -2.10. The molecule has 0 spiro atoms. The summed E-state index contributed by atoms with van der Waals surface area (Å²) in [6.45, 7) is 2.81. The molecule has 0 bridgehead atoms. The molecule has 122 valence electrons. The number of halogens is 1. The van der Waals surface area contributed by atoms with Crippen molar-refractivity contribution in [1.82, 2.24) is 9.78 Å². The maximum Gasteiger partial charge on any atom is 0.340 e. The lowest BCUT2D eigenvalue weighted by atomic mass is 10.1. The molecule has 1 aromatic heterocycles. The largest absolute Gasteiger partial charge is 0.478 e. The van der Waals surface area contributed by atoms with Crippen LogP contribution in [0.25, 0.3) is 0 Å². The summed E-state index contributed by atoms with van der Waals surface area (Å²) in [6, 6.07) is 3.47. The van der Waals surface area contributed by atoms with Crippen molar-refractivity contribution in [3.05, 3.63) is 38.6 Å². The molecule has 6 nitrogen and oxygen atoms in total. The molecule has 0 saturated carbocycles. The van der Waals surface area contributed by atoms with Gasteiger partial charge in [-0.3, -0.25) is 9.78 Å². The minimum atomic E-state index is -1.05. The Bertz CT molecular complexity index is 828. The molecule has 0 amide bonds. The van der Waals surface area contributed by atoms with Crippen LogP contribution in [0.3, 0.4) is 0 Å². The molecule has 2 N–H and O–H groups in total. The van der Waals surface area contributed by atoms with Crippen molar-refractivity contribution < 1.29 is 19.4 Å². The van der Waals surface area contributed by atoms with Gasteiger partial charge in [0.05, 0.1) is 5.69 Å². The maximum atomic E-state index is 11.5. The number of carbonyl (C=O) groups is 1. The van der Waals surface area contributed by atoms with E-state index in [0.29, 0.717) is 35.2 Å². The molecule has 0 atom stereocenters. The number of aromatic carboxylic acids is 1. The molecule has 1 aliphatic heterocycles. The van der Waals surface area contributed by atoms with Gasteiger partial charge in [-0.1, -0.05) is 30.7 Å². The summed E-state index contributed by atoms with van der Waals surface area (Å²) in [5, 5.41) is 12.9. The van der Waals surface area contributed by atoms with Crippen molar-refractivity contribution in [1.29, 1.82) is 0 Å². The van der Waals surface area contributed by atoms with Gasteiger partial charge in [-0.2, -0.15) is 0 Å². The van der Waals surface area contributed by atoms with Gasteiger partial charge in [0, 0.05) is 24.1 Å². The van der Waals surface area contributed by atoms with E-state index in [1.54, 1.807) is 16.8 Å². The number of fused-ring (bicyclic) bond motifs is 1. The van der Waals surface area contributed by atoms with Gasteiger partial charge in [-0.15, -0.1) is 0 Å². The van der Waals surface area contributed by atoms with E-state index in [1.807, 2.05) is 6.92 Å². The van der Waals surface area contributed by atoms with Crippen LogP contribution < -0.4 is 9.47 Å². The Morgan fingerprint density at radius 1 is 1.43 bits per heavy atom. The van der Waals surface area contributed by atoms with Crippen LogP contribution in [-0.2, 0) is 13.0 Å². The van der Waals surface area contributed by atoms with Crippen molar-refractivity contribution >= 4 is 29.8 Å². The first-order valence-electron chi connectivity index (χ1n) is 7.14. The lowest BCUT2D eigenvalue weighted by molar-refractivity contribution is 0.0695. The number of aryl methyl sites for hydroxylation is 1. The Balaban J connectivity index is 2.06. The number of hydrogen-bond donors (Lipinski definition) is 2. The monoisotopic (exact) mass is 354 g/mol. The van der Waals surface area contributed by atoms with Crippen molar-refractivity contribution in [2.75, 3.05) is 6.79 Å². The second-order valence-electron chi connectivity index (χ2n) is 5.19. The van der Waals surface area contributed by atoms with Gasteiger partial charge in [0.2, 0.25) is 6.79 Å². The Morgan fingerprint density at radius 3 is 2.78 bits per heavy atom. The van der Waals surface area contributed by atoms with Gasteiger partial charge >= 0.3 is 5.97 Å². The molecule has 0 aliphatic carbocycles. The van der Waals surface area contributed by atoms with E-state index in [1.165, 1.54) is 0 Å². The summed E-state index contributed by atoms with van der Waals surface area (Å²) in [5.41, 5.74) is 1.48. The number of aromatic nitrogens is 2. The molecule has 1 aliphatic rings. The molecule has 8 heteroatoms. The van der Waals surface area contributed by atoms with E-state index in [9.17, 15) is 9.90 Å². The number of carboxylic acids is 1. The number of aromatic amines is 1. The molecule has 1 aromatic carbocycles. The summed E-state index contributed by atoms with van der Waals surface area (Å²) in [6.07, 6.45) is 1.19. The predicted molar refractivity (Wildman–Crippen MR) is 87.2 cm³/mol. The normalized spacial score (nSPS) is 12.6. The minimum absolute atomic E-state index is 0.113. The van der Waals surface area contributed by atoms with Crippen LogP contribution in [0.5, 0.6) is 11.5 Å². The SMILES string of the molecule is CCCn1[nH]c(=S)c(C(=O)O)c1Cc1cc2c(cc1Cl)OCO2. The molecule has 3 rings (SSSR count). The third-order valence-corrected chi connectivity index (χ3v) is 4.29. The topological polar surface area (TPSA) is 76.5 Å². The number of hydrogen-bond acceptors (Lipinski definition) is 4. The Hall–Kier alpha value is -1.99. The molecule has 23 heavy (non-hydrogen) atoms. The molecule has 0 fully saturated rings. The van der Waals surface area contributed by atoms with E-state index in [2.05, 4.69) is 5.10 Å². The Kier molecular flexibility index (Phi) is 4.32. The second kappa shape index (κ2) is 6.25. The van der Waals surface area contributed by atoms with E-state index < -0.39 is 5.97 Å². The first-order valence-corrected chi connectivity index (χ1v) is 7.93. The minimum Gasteiger partial charge on any atom is -0.478 e. The van der Waals surface area contributed by atoms with Gasteiger partial charge in [0.25, 0.3) is 0 Å². The molecular weight excluding hydrogens is 340 g/mol. The van der Waals surface area contributed by atoms with Crippen LogP contribution in [0, 0.1) is 4.64 Å². The first-order chi connectivity index (χ1) is 11.0. The number of nitrogens with one attached hydrogen (secondary N) is 1. The van der Waals surface area contributed by atoms with Gasteiger partial charge in [0.1, 0.15) is 10.2 Å². The summed E-state index contributed by atoms with van der Waals surface area (Å²) < 4.78 is 12.6. The van der Waals surface area contributed by atoms with Crippen LogP contribution in [0.1, 0.15) is 35.0 Å². The lowest BCUT2D eigenvalue weighted by Crippen LogP contribution is -2.09. The number of nitrogens with zero attached hydrogens (tertiary/aromatic N) is 1. The summed E-state index contributed by atoms with van der Waals surface area (Å²) in [7, 11) is 0. The van der Waals surface area contributed by atoms with Gasteiger partial charge in [0.15, 0.2) is 11.5 Å². The third-order valence-electron chi connectivity index (χ3n) is 3.64. The van der Waals surface area contributed by atoms with Crippen molar-refractivity contribution in [3.8, 4) is 11.5 Å². The van der Waals surface area contributed by atoms with Crippen LogP contribution >= 0.6 is 23.8 Å². The van der Waals surface area contributed by atoms with Crippen molar-refractivity contribution in [2.24, 2.45) is 0 Å². The van der Waals surface area contributed by atoms with Gasteiger partial charge in [-0.05, 0) is 18.1 Å². The fourth-order valence-corrected chi connectivity index (χ4v) is 3.14. The summed E-state index contributed by atoms with van der Waals surface area (Å²) in [5.74, 6) is 0.155. The summed E-state index contributed by atoms with van der Waals surface area (Å²) in [4.78, 5) is 11.5. The van der Waals surface area contributed by atoms with E-state index >= 15 is 0 Å². The Labute approximate surface area is 142 Å². The van der Waals surface area contributed by atoms with E-state index in [0.717, 1.165) is 12.0 Å². The van der Waals surface area contributed by atoms with Crippen molar-refractivity contribution in [3.63, 3.8) is 0 Å². The number of rotatable bonds is 5. The Morgan fingerprint density at radius 2 is 2.13 bits per heavy atom. The molecule has 0 saturated heterocycles. The van der Waals surface area contributed by atoms with Crippen LogP contribution in [0.4, 0.5) is 0 Å². The summed E-state index contributed by atoms with van der Waals surface area (Å²) >= 11 is 11.4. The number of carboxylic acid groups (broad SMARTS) is 1. The zero-order chi connectivity index (χ0) is 16.6. The fraction of sp³-hybridized carbons (Fsp3) is 0.333. The molecule has 0 radical (unpaired) electrons. The van der Waals surface area contributed by atoms with E-state index in [4.69, 9.17) is 33.3 Å². The zero-order valence-electron chi connectivity index (χ0n) is 12.4. The number of benzene rings is 1. The quantitative estimate of drug-likeness (QED) is 0.802. The zero-order valence-corrected chi connectivity index (χ0v) is 14.0.